The van der Waals surface area contributed by atoms with E-state index in [0.29, 0.717) is 11.8 Å². The Morgan fingerprint density at radius 2 is 0.650 bits per heavy atom. The molecule has 0 spiro atoms. The molecule has 0 nitrogen and oxygen atoms in total. The molecule has 0 heteroatoms. The smallest absolute Gasteiger partial charge is 0.0212 e. The Hall–Kier alpha value is -6.76. The van der Waals surface area contributed by atoms with Crippen LogP contribution in [0, 0.1) is 11.8 Å². The maximum absolute atomic E-state index is 2.54. The van der Waals surface area contributed by atoms with Crippen molar-refractivity contribution in [3.63, 3.8) is 0 Å². The van der Waals surface area contributed by atoms with Crippen LogP contribution in [0.2, 0.25) is 0 Å². The molecule has 0 atom stereocenters. The fraction of sp³-hybridized carbons (Fsp3) is 0.133. The molecule has 0 N–H and O–H groups in total. The highest BCUT2D eigenvalue weighted by Crippen LogP contribution is 2.67. The van der Waals surface area contributed by atoms with Crippen molar-refractivity contribution in [3.05, 3.63) is 215 Å². The van der Waals surface area contributed by atoms with Crippen LogP contribution in [0.4, 0.5) is 0 Å². The Labute approximate surface area is 353 Å². The summed E-state index contributed by atoms with van der Waals surface area (Å²) in [6.45, 7) is 9.46. The van der Waals surface area contributed by atoms with E-state index in [2.05, 4.69) is 210 Å². The minimum atomic E-state index is 0.212. The summed E-state index contributed by atoms with van der Waals surface area (Å²) < 4.78 is 0. The zero-order chi connectivity index (χ0) is 40.2. The number of benzene rings is 8. The number of rotatable bonds is 6. The monoisotopic (exact) mass is 766 g/mol. The van der Waals surface area contributed by atoms with Crippen molar-refractivity contribution in [2.24, 2.45) is 11.8 Å². The van der Waals surface area contributed by atoms with Crippen LogP contribution in [-0.4, -0.2) is 0 Å². The molecule has 4 aliphatic rings. The molecule has 0 fully saturated rings. The molecule has 0 radical (unpaired) electrons. The third-order valence-corrected chi connectivity index (χ3v) is 14.0. The third kappa shape index (κ3) is 4.97. The van der Waals surface area contributed by atoms with E-state index in [0.717, 1.165) is 0 Å². The number of allylic oxidation sites excluding steroid dienone is 8. The van der Waals surface area contributed by atoms with E-state index >= 15 is 0 Å². The summed E-state index contributed by atoms with van der Waals surface area (Å²) in [7, 11) is 0. The second-order valence-electron chi connectivity index (χ2n) is 17.8. The fourth-order valence-corrected chi connectivity index (χ4v) is 11.5. The lowest BCUT2D eigenvalue weighted by atomic mass is 9.71. The van der Waals surface area contributed by atoms with Crippen molar-refractivity contribution in [1.29, 1.82) is 0 Å². The number of hydrogen-bond donors (Lipinski definition) is 0. The third-order valence-electron chi connectivity index (χ3n) is 14.0. The molecule has 0 bridgehead atoms. The first-order chi connectivity index (χ1) is 29.5. The van der Waals surface area contributed by atoms with E-state index in [4.69, 9.17) is 0 Å². The molecule has 8 aromatic rings. The maximum atomic E-state index is 2.54. The molecule has 12 rings (SSSR count). The molecule has 0 aliphatic heterocycles. The van der Waals surface area contributed by atoms with Crippen molar-refractivity contribution in [3.8, 4) is 44.5 Å². The van der Waals surface area contributed by atoms with E-state index in [1.807, 2.05) is 0 Å². The van der Waals surface area contributed by atoms with Gasteiger partial charge in [0.2, 0.25) is 0 Å². The standard InChI is InChI=1S/C60H46/c1-35(2)41-27-28-42(36(3)4)54-48-30-32-50-58-49(31-29-47(53(41)54)57(48)58)59-55(45-25-15-13-23-43(45)37-17-7-5-8-18-37)51-33-39-21-11-12-22-40(39)34-52(51)56(60(50)59)46-26-16-14-24-44(46)38-19-9-6-10-20-38/h5-36,57-58H,1-4H3. The molecular formula is C60H46. The minimum Gasteiger partial charge on any atom is -0.0622 e. The van der Waals surface area contributed by atoms with Gasteiger partial charge in [0.05, 0.1) is 0 Å². The Kier molecular flexibility index (Phi) is 7.85. The first-order valence-electron chi connectivity index (χ1n) is 21.8. The summed E-state index contributed by atoms with van der Waals surface area (Å²) in [6, 6.07) is 59.1. The highest BCUT2D eigenvalue weighted by atomic mass is 14.5. The minimum absolute atomic E-state index is 0.212. The van der Waals surface area contributed by atoms with Gasteiger partial charge in [0, 0.05) is 11.8 Å². The predicted octanol–water partition coefficient (Wildman–Crippen LogP) is 16.4. The van der Waals surface area contributed by atoms with E-state index in [1.165, 1.54) is 122 Å². The summed E-state index contributed by atoms with van der Waals surface area (Å²) in [5.41, 5.74) is 24.9. The van der Waals surface area contributed by atoms with Crippen LogP contribution < -0.4 is 0 Å². The Bertz CT molecular complexity index is 3020. The normalized spacial score (nSPS) is 17.0. The summed E-state index contributed by atoms with van der Waals surface area (Å²) in [5.74, 6) is 1.34. The van der Waals surface area contributed by atoms with Crippen LogP contribution in [0.3, 0.4) is 0 Å². The molecule has 0 saturated heterocycles. The molecule has 8 aromatic carbocycles. The average molecular weight is 767 g/mol. The van der Waals surface area contributed by atoms with Crippen LogP contribution in [0.25, 0.3) is 88.3 Å². The number of hydrogen-bond acceptors (Lipinski definition) is 0. The van der Waals surface area contributed by atoms with Gasteiger partial charge < -0.3 is 0 Å². The Morgan fingerprint density at radius 3 is 1.03 bits per heavy atom. The lowest BCUT2D eigenvalue weighted by molar-refractivity contribution is 0.755. The van der Waals surface area contributed by atoms with Gasteiger partial charge in [-0.15, -0.1) is 0 Å². The molecule has 4 aliphatic carbocycles. The highest BCUT2D eigenvalue weighted by Gasteiger charge is 2.50. The summed E-state index contributed by atoms with van der Waals surface area (Å²) in [5, 5.41) is 5.13. The summed E-state index contributed by atoms with van der Waals surface area (Å²) >= 11 is 0. The van der Waals surface area contributed by atoms with Crippen LogP contribution in [0.15, 0.2) is 182 Å². The van der Waals surface area contributed by atoms with Crippen LogP contribution in [-0.2, 0) is 0 Å². The van der Waals surface area contributed by atoms with Crippen molar-refractivity contribution in [1.82, 2.24) is 0 Å². The predicted molar refractivity (Wildman–Crippen MR) is 257 cm³/mol. The zero-order valence-electron chi connectivity index (χ0n) is 34.6. The lowest BCUT2D eigenvalue weighted by Crippen LogP contribution is -2.18. The summed E-state index contributed by atoms with van der Waals surface area (Å²) in [6.07, 6.45) is 10.1. The van der Waals surface area contributed by atoms with Crippen LogP contribution in [0.1, 0.15) is 72.9 Å². The van der Waals surface area contributed by atoms with Gasteiger partial charge in [0.1, 0.15) is 0 Å². The van der Waals surface area contributed by atoms with Gasteiger partial charge >= 0.3 is 0 Å². The Morgan fingerprint density at radius 1 is 0.317 bits per heavy atom. The lowest BCUT2D eigenvalue weighted by Gasteiger charge is -2.31. The van der Waals surface area contributed by atoms with Crippen LogP contribution >= 0.6 is 0 Å². The molecular weight excluding hydrogens is 721 g/mol. The molecule has 0 amide bonds. The first-order valence-corrected chi connectivity index (χ1v) is 21.8. The Balaban J connectivity index is 1.26. The molecule has 286 valence electrons. The van der Waals surface area contributed by atoms with Crippen molar-refractivity contribution >= 4 is 43.8 Å². The quantitative estimate of drug-likeness (QED) is 0.148. The molecule has 0 unspecified atom stereocenters. The zero-order valence-corrected chi connectivity index (χ0v) is 34.6. The van der Waals surface area contributed by atoms with Gasteiger partial charge in [-0.25, -0.2) is 0 Å². The molecule has 0 heterocycles. The highest BCUT2D eigenvalue weighted by molar-refractivity contribution is 6.23. The van der Waals surface area contributed by atoms with Gasteiger partial charge in [-0.1, -0.05) is 198 Å². The van der Waals surface area contributed by atoms with Gasteiger partial charge in [0.25, 0.3) is 0 Å². The first kappa shape index (κ1) is 35.2. The maximum Gasteiger partial charge on any atom is 0.0212 e. The number of fused-ring (bicyclic) bond motifs is 8. The van der Waals surface area contributed by atoms with Gasteiger partial charge in [-0.3, -0.25) is 0 Å². The van der Waals surface area contributed by atoms with Crippen molar-refractivity contribution in [2.75, 3.05) is 0 Å². The van der Waals surface area contributed by atoms with Gasteiger partial charge in [0.15, 0.2) is 0 Å². The molecule has 60 heavy (non-hydrogen) atoms. The SMILES string of the molecule is CC(C)c1ccc(C(C)C)c2c1C1=CC=C3c4c(c(-c5ccccc5-c5ccccc5)c5cc6ccccc6cc5c4-c4ccccc4-c4ccccc4)C4=CC=C2C1C34. The molecule has 0 aromatic heterocycles. The van der Waals surface area contributed by atoms with Crippen LogP contribution in [0.5, 0.6) is 0 Å². The van der Waals surface area contributed by atoms with E-state index in [-0.39, 0.29) is 11.8 Å². The van der Waals surface area contributed by atoms with Crippen molar-refractivity contribution in [2.45, 2.75) is 39.5 Å². The average Bonchev–Trinajstić information content (AvgIpc) is 3.80. The molecule has 0 saturated carbocycles. The fourth-order valence-electron chi connectivity index (χ4n) is 11.5. The second-order valence-corrected chi connectivity index (χ2v) is 17.8. The van der Waals surface area contributed by atoms with E-state index in [1.54, 1.807) is 0 Å². The summed E-state index contributed by atoms with van der Waals surface area (Å²) in [4.78, 5) is 0. The topological polar surface area (TPSA) is 0 Å². The van der Waals surface area contributed by atoms with Crippen molar-refractivity contribution < 1.29 is 0 Å². The second kappa shape index (κ2) is 13.4. The van der Waals surface area contributed by atoms with Gasteiger partial charge in [-0.2, -0.15) is 0 Å². The largest absolute Gasteiger partial charge is 0.0622 e. The van der Waals surface area contributed by atoms with E-state index in [9.17, 15) is 0 Å². The van der Waals surface area contributed by atoms with Gasteiger partial charge in [-0.05, 0) is 146 Å². The van der Waals surface area contributed by atoms with E-state index < -0.39 is 0 Å².